The van der Waals surface area contributed by atoms with Crippen LogP contribution in [0.2, 0.25) is 0 Å². The molecule has 0 fully saturated rings. The van der Waals surface area contributed by atoms with Crippen molar-refractivity contribution in [2.45, 2.75) is 51.4 Å². The zero-order valence-corrected chi connectivity index (χ0v) is 27.8. The minimum Gasteiger partial charge on any atom is -0.463 e. The Bertz CT molecular complexity index is 1080. The number of rotatable bonds is 26. The van der Waals surface area contributed by atoms with Gasteiger partial charge in [0.1, 0.15) is 13.2 Å². The fraction of sp³-hybridized carbons (Fsp3) is 0.611. The van der Waals surface area contributed by atoms with Crippen molar-refractivity contribution in [1.29, 1.82) is 0 Å². The maximum atomic E-state index is 12.6. The number of likely N-dealkylation sites (N-methyl/N-ethyl adjacent to an activating group) is 1. The predicted molar refractivity (Wildman–Crippen MR) is 176 cm³/mol. The van der Waals surface area contributed by atoms with Gasteiger partial charge < -0.3 is 38.1 Å². The van der Waals surface area contributed by atoms with Crippen molar-refractivity contribution in [2.24, 2.45) is 0 Å². The Labute approximate surface area is 274 Å². The normalized spacial score (nSPS) is 12.1. The topological polar surface area (TPSA) is 102 Å². The molecule has 0 radical (unpaired) electrons. The summed E-state index contributed by atoms with van der Waals surface area (Å²) in [7, 11) is 1.71. The van der Waals surface area contributed by atoms with Crippen LogP contribution in [0.15, 0.2) is 48.5 Å². The lowest BCUT2D eigenvalue weighted by Crippen LogP contribution is -2.32. The molecule has 46 heavy (non-hydrogen) atoms. The summed E-state index contributed by atoms with van der Waals surface area (Å²) in [4.78, 5) is 25.7. The lowest BCUT2D eigenvalue weighted by Gasteiger charge is -2.19. The highest BCUT2D eigenvalue weighted by molar-refractivity contribution is 5.79. The molecule has 0 saturated carbocycles. The molecule has 0 bridgehead atoms. The third-order valence-corrected chi connectivity index (χ3v) is 7.68. The van der Waals surface area contributed by atoms with E-state index in [1.54, 1.807) is 7.05 Å². The van der Waals surface area contributed by atoms with Gasteiger partial charge in [-0.2, -0.15) is 0 Å². The first kappa shape index (κ1) is 37.4. The minimum absolute atomic E-state index is 0.0409. The van der Waals surface area contributed by atoms with E-state index in [0.29, 0.717) is 85.6 Å². The van der Waals surface area contributed by atoms with E-state index in [9.17, 15) is 9.59 Å². The van der Waals surface area contributed by atoms with Gasteiger partial charge in [-0.05, 0) is 28.7 Å². The summed E-state index contributed by atoms with van der Waals surface area (Å²) in [5.41, 5.74) is 4.80. The quantitative estimate of drug-likeness (QED) is 0.0922. The predicted octanol–water partition coefficient (Wildman–Crippen LogP) is 5.85. The highest BCUT2D eigenvalue weighted by atomic mass is 16.6. The van der Waals surface area contributed by atoms with Crippen LogP contribution in [0.3, 0.4) is 0 Å². The first-order valence-corrected chi connectivity index (χ1v) is 16.7. The second-order valence-corrected chi connectivity index (χ2v) is 11.2. The number of amides is 1. The molecule has 1 aliphatic carbocycles. The van der Waals surface area contributed by atoms with E-state index in [4.69, 9.17) is 33.2 Å². The van der Waals surface area contributed by atoms with Gasteiger partial charge in [-0.25, -0.2) is 4.79 Å². The van der Waals surface area contributed by atoms with Crippen LogP contribution in [0.4, 0.5) is 4.79 Å². The van der Waals surface area contributed by atoms with Crippen LogP contribution < -0.4 is 0 Å². The van der Waals surface area contributed by atoms with E-state index in [2.05, 4.69) is 31.2 Å². The summed E-state index contributed by atoms with van der Waals surface area (Å²) >= 11 is 0. The third-order valence-electron chi connectivity index (χ3n) is 7.68. The molecule has 256 valence electrons. The number of carbonyl (C=O) groups is 2. The van der Waals surface area contributed by atoms with Gasteiger partial charge in [0, 0.05) is 25.9 Å². The van der Waals surface area contributed by atoms with Crippen molar-refractivity contribution in [3.05, 3.63) is 59.7 Å². The average Bonchev–Trinajstić information content (AvgIpc) is 3.39. The maximum absolute atomic E-state index is 12.6. The van der Waals surface area contributed by atoms with Crippen molar-refractivity contribution < 1.29 is 42.7 Å². The van der Waals surface area contributed by atoms with E-state index in [1.807, 2.05) is 24.3 Å². The Morgan fingerprint density at radius 2 is 1.09 bits per heavy atom. The maximum Gasteiger partial charge on any atom is 0.409 e. The Morgan fingerprint density at radius 1 is 0.609 bits per heavy atom. The van der Waals surface area contributed by atoms with Crippen molar-refractivity contribution in [3.63, 3.8) is 0 Å². The van der Waals surface area contributed by atoms with Gasteiger partial charge in [-0.1, -0.05) is 81.1 Å². The summed E-state index contributed by atoms with van der Waals surface area (Å²) in [5.74, 6) is -0.111. The molecular formula is C36H53NO9. The van der Waals surface area contributed by atoms with Crippen LogP contribution in [0.5, 0.6) is 0 Å². The molecule has 10 heteroatoms. The van der Waals surface area contributed by atoms with Gasteiger partial charge in [0.15, 0.2) is 0 Å². The Hall–Kier alpha value is -3.02. The van der Waals surface area contributed by atoms with E-state index in [1.165, 1.54) is 46.4 Å². The van der Waals surface area contributed by atoms with Gasteiger partial charge in [0.05, 0.1) is 66.1 Å². The fourth-order valence-electron chi connectivity index (χ4n) is 5.14. The smallest absolute Gasteiger partial charge is 0.409 e. The summed E-state index contributed by atoms with van der Waals surface area (Å²) in [6, 6.07) is 16.6. The molecule has 2 aromatic carbocycles. The van der Waals surface area contributed by atoms with Crippen molar-refractivity contribution >= 4 is 12.1 Å². The van der Waals surface area contributed by atoms with Crippen molar-refractivity contribution in [3.8, 4) is 11.1 Å². The molecule has 0 saturated heterocycles. The third kappa shape index (κ3) is 14.2. The van der Waals surface area contributed by atoms with Crippen molar-refractivity contribution in [1.82, 2.24) is 4.90 Å². The van der Waals surface area contributed by atoms with Gasteiger partial charge in [-0.3, -0.25) is 4.79 Å². The Kier molecular flexibility index (Phi) is 19.0. The second-order valence-electron chi connectivity index (χ2n) is 11.2. The molecular weight excluding hydrogens is 590 g/mol. The van der Waals surface area contributed by atoms with Gasteiger partial charge >= 0.3 is 12.1 Å². The molecule has 0 spiro atoms. The molecule has 1 aliphatic rings. The second kappa shape index (κ2) is 23.3. The van der Waals surface area contributed by atoms with E-state index in [-0.39, 0.29) is 24.6 Å². The number of benzene rings is 2. The molecule has 0 N–H and O–H groups in total. The first-order chi connectivity index (χ1) is 22.6. The number of carbonyl (C=O) groups excluding carboxylic acids is 2. The number of ether oxygens (including phenoxy) is 7. The number of hydrogen-bond acceptors (Lipinski definition) is 9. The van der Waals surface area contributed by atoms with Gasteiger partial charge in [0.2, 0.25) is 0 Å². The zero-order chi connectivity index (χ0) is 32.7. The average molecular weight is 644 g/mol. The van der Waals surface area contributed by atoms with Gasteiger partial charge in [0.25, 0.3) is 0 Å². The summed E-state index contributed by atoms with van der Waals surface area (Å²) in [6.45, 7) is 7.59. The highest BCUT2D eigenvalue weighted by Crippen LogP contribution is 2.44. The molecule has 0 aromatic heterocycles. The minimum atomic E-state index is -0.364. The zero-order valence-electron chi connectivity index (χ0n) is 27.8. The number of nitrogens with zero attached hydrogens (tertiary/aromatic N) is 1. The van der Waals surface area contributed by atoms with Crippen molar-refractivity contribution in [2.75, 3.05) is 92.9 Å². The molecule has 0 unspecified atom stereocenters. The van der Waals surface area contributed by atoms with Crippen LogP contribution in [0, 0.1) is 0 Å². The number of esters is 1. The standard InChI is InChI=1S/C36H53NO9/c1-3-4-5-6-7-16-35(38)45-28-27-44-26-25-43-24-23-42-22-21-41-20-19-40-18-17-37(2)36(39)46-29-34-32-14-10-8-12-30(32)31-13-9-11-15-33(31)34/h8-15,34H,3-7,16-29H2,1-2H3. The molecule has 3 rings (SSSR count). The number of unbranched alkanes of at least 4 members (excludes halogenated alkanes) is 4. The Morgan fingerprint density at radius 3 is 1.63 bits per heavy atom. The fourth-order valence-corrected chi connectivity index (χ4v) is 5.14. The molecule has 0 heterocycles. The molecule has 0 atom stereocenters. The number of fused-ring (bicyclic) bond motifs is 3. The van der Waals surface area contributed by atoms with E-state index >= 15 is 0 Å². The summed E-state index contributed by atoms with van der Waals surface area (Å²) in [6.07, 6.45) is 5.69. The highest BCUT2D eigenvalue weighted by Gasteiger charge is 2.29. The lowest BCUT2D eigenvalue weighted by atomic mass is 9.98. The van der Waals surface area contributed by atoms with Gasteiger partial charge in [-0.15, -0.1) is 0 Å². The summed E-state index contributed by atoms with van der Waals surface area (Å²) in [5, 5.41) is 0. The van der Waals surface area contributed by atoms with Crippen LogP contribution >= 0.6 is 0 Å². The monoisotopic (exact) mass is 643 g/mol. The summed E-state index contributed by atoms with van der Waals surface area (Å²) < 4.78 is 38.3. The molecule has 1 amide bonds. The molecule has 10 nitrogen and oxygen atoms in total. The largest absolute Gasteiger partial charge is 0.463 e. The molecule has 0 aliphatic heterocycles. The van der Waals surface area contributed by atoms with Crippen LogP contribution in [0.25, 0.3) is 11.1 Å². The SMILES string of the molecule is CCCCCCCC(=O)OCCOCCOCCOCCOCCOCCN(C)C(=O)OCC1c2ccccc2-c2ccccc21. The number of hydrogen-bond donors (Lipinski definition) is 0. The first-order valence-electron chi connectivity index (χ1n) is 16.7. The lowest BCUT2D eigenvalue weighted by molar-refractivity contribution is -0.145. The molecule has 2 aromatic rings. The van der Waals surface area contributed by atoms with Crippen LogP contribution in [-0.2, 0) is 38.0 Å². The Balaban J connectivity index is 1.06. The van der Waals surface area contributed by atoms with E-state index < -0.39 is 0 Å². The van der Waals surface area contributed by atoms with E-state index in [0.717, 1.165) is 12.8 Å². The van der Waals surface area contributed by atoms with Crippen LogP contribution in [-0.4, -0.2) is 110 Å². The van der Waals surface area contributed by atoms with Crippen LogP contribution in [0.1, 0.15) is 62.5 Å².